The summed E-state index contributed by atoms with van der Waals surface area (Å²) < 4.78 is 5.96. The molecule has 2 heteroatoms. The summed E-state index contributed by atoms with van der Waals surface area (Å²) in [7, 11) is 0. The van der Waals surface area contributed by atoms with Crippen molar-refractivity contribution in [3.63, 3.8) is 0 Å². The number of aryl methyl sites for hydroxylation is 1. The lowest BCUT2D eigenvalue weighted by Crippen LogP contribution is -2.33. The van der Waals surface area contributed by atoms with E-state index in [1.54, 1.807) is 11.1 Å². The number of ether oxygens (including phenoxy) is 1. The number of aliphatic hydroxyl groups is 1. The molecule has 0 amide bonds. The van der Waals surface area contributed by atoms with Crippen molar-refractivity contribution in [2.24, 2.45) is 0 Å². The fraction of sp³-hybridized carbons (Fsp3) is 0.467. The van der Waals surface area contributed by atoms with Crippen molar-refractivity contribution in [3.05, 3.63) is 82.4 Å². The number of fused-ring (bicyclic) bond motifs is 2. The molecule has 0 radical (unpaired) electrons. The van der Waals surface area contributed by atoms with Crippen molar-refractivity contribution in [2.75, 3.05) is 6.61 Å². The number of hydrogen-bond donors (Lipinski definition) is 1. The van der Waals surface area contributed by atoms with E-state index in [0.717, 1.165) is 36.8 Å². The third-order valence-electron chi connectivity index (χ3n) is 7.34. The van der Waals surface area contributed by atoms with Crippen LogP contribution in [0.3, 0.4) is 0 Å². The minimum atomic E-state index is 0.0853. The van der Waals surface area contributed by atoms with Crippen LogP contribution < -0.4 is 0 Å². The van der Waals surface area contributed by atoms with Crippen molar-refractivity contribution in [1.29, 1.82) is 0 Å². The van der Waals surface area contributed by atoms with Gasteiger partial charge >= 0.3 is 0 Å². The Bertz CT molecular complexity index is 1080. The second-order valence-electron chi connectivity index (χ2n) is 10.8. The number of aliphatic hydroxyl groups excluding tert-OH is 1. The van der Waals surface area contributed by atoms with E-state index in [4.69, 9.17) is 4.74 Å². The van der Waals surface area contributed by atoms with E-state index in [9.17, 15) is 5.11 Å². The molecule has 1 N–H and O–H groups in total. The molecule has 0 unspecified atom stereocenters. The highest BCUT2D eigenvalue weighted by atomic mass is 16.5. The molecule has 0 atom stereocenters. The van der Waals surface area contributed by atoms with Gasteiger partial charge in [0.2, 0.25) is 0 Å². The minimum absolute atomic E-state index is 0.0853. The summed E-state index contributed by atoms with van der Waals surface area (Å²) >= 11 is 0. The van der Waals surface area contributed by atoms with E-state index in [1.165, 1.54) is 29.4 Å². The Balaban J connectivity index is 1.26. The zero-order chi connectivity index (χ0) is 22.8. The first-order chi connectivity index (χ1) is 15.3. The van der Waals surface area contributed by atoms with E-state index in [0.29, 0.717) is 12.0 Å². The van der Waals surface area contributed by atoms with Gasteiger partial charge in [-0.1, -0.05) is 70.2 Å². The van der Waals surface area contributed by atoms with Crippen LogP contribution >= 0.6 is 0 Å². The summed E-state index contributed by atoms with van der Waals surface area (Å²) in [5.41, 5.74) is 7.30. The second-order valence-corrected chi connectivity index (χ2v) is 10.8. The van der Waals surface area contributed by atoms with Gasteiger partial charge in [-0.05, 0) is 93.7 Å². The first-order valence-electron chi connectivity index (χ1n) is 12.1. The molecular formula is C30H38O2. The van der Waals surface area contributed by atoms with Gasteiger partial charge in [0, 0.05) is 6.61 Å². The molecule has 3 aromatic carbocycles. The van der Waals surface area contributed by atoms with Gasteiger partial charge < -0.3 is 9.84 Å². The number of rotatable bonds is 8. The average Bonchev–Trinajstić information content (AvgIpc) is 2.79. The predicted molar refractivity (Wildman–Crippen MR) is 134 cm³/mol. The van der Waals surface area contributed by atoms with Crippen molar-refractivity contribution in [1.82, 2.24) is 0 Å². The minimum Gasteiger partial charge on any atom is -0.392 e. The molecule has 0 saturated heterocycles. The lowest BCUT2D eigenvalue weighted by Gasteiger charge is -2.42. The highest BCUT2D eigenvalue weighted by Crippen LogP contribution is 2.45. The maximum atomic E-state index is 9.29. The number of benzene rings is 3. The third kappa shape index (κ3) is 5.08. The van der Waals surface area contributed by atoms with Crippen LogP contribution in [0, 0.1) is 0 Å². The lowest BCUT2D eigenvalue weighted by atomic mass is 9.63. The molecular weight excluding hydrogens is 392 g/mol. The topological polar surface area (TPSA) is 29.5 Å². The maximum absolute atomic E-state index is 9.29. The number of unbranched alkanes of at least 4 members (excludes halogenated alkanes) is 1. The molecule has 4 rings (SSSR count). The Morgan fingerprint density at radius 1 is 0.719 bits per heavy atom. The summed E-state index contributed by atoms with van der Waals surface area (Å²) in [4.78, 5) is 0. The first kappa shape index (κ1) is 23.0. The Labute approximate surface area is 193 Å². The van der Waals surface area contributed by atoms with Gasteiger partial charge in [0.15, 0.2) is 0 Å². The highest BCUT2D eigenvalue weighted by Gasteiger charge is 2.36. The van der Waals surface area contributed by atoms with Crippen LogP contribution in [0.25, 0.3) is 10.8 Å². The Morgan fingerprint density at radius 3 is 2.06 bits per heavy atom. The zero-order valence-electron chi connectivity index (χ0n) is 20.2. The zero-order valence-corrected chi connectivity index (χ0v) is 20.2. The fourth-order valence-corrected chi connectivity index (χ4v) is 5.05. The van der Waals surface area contributed by atoms with E-state index >= 15 is 0 Å². The van der Waals surface area contributed by atoms with Crippen LogP contribution in [0.15, 0.2) is 54.6 Å². The molecule has 1 aliphatic rings. The average molecular weight is 431 g/mol. The monoisotopic (exact) mass is 430 g/mol. The SMILES string of the molecule is CC1(C)CCC(C)(C)c2cc(CCCCOCc3ccc4cc(CO)ccc4c3)ccc21. The summed E-state index contributed by atoms with van der Waals surface area (Å²) in [5, 5.41) is 11.6. The molecule has 0 heterocycles. The number of hydrogen-bond acceptors (Lipinski definition) is 2. The van der Waals surface area contributed by atoms with Crippen LogP contribution in [-0.2, 0) is 35.2 Å². The van der Waals surface area contributed by atoms with Crippen molar-refractivity contribution in [3.8, 4) is 0 Å². The summed E-state index contributed by atoms with van der Waals surface area (Å²) in [6.45, 7) is 11.1. The molecule has 32 heavy (non-hydrogen) atoms. The second kappa shape index (κ2) is 9.37. The molecule has 0 aromatic heterocycles. The fourth-order valence-electron chi connectivity index (χ4n) is 5.05. The molecule has 1 aliphatic carbocycles. The van der Waals surface area contributed by atoms with Gasteiger partial charge in [0.05, 0.1) is 13.2 Å². The maximum Gasteiger partial charge on any atom is 0.0717 e. The van der Waals surface area contributed by atoms with Crippen LogP contribution in [0.2, 0.25) is 0 Å². The van der Waals surface area contributed by atoms with Crippen LogP contribution in [0.5, 0.6) is 0 Å². The normalized spacial score (nSPS) is 16.8. The van der Waals surface area contributed by atoms with Crippen LogP contribution in [0.4, 0.5) is 0 Å². The van der Waals surface area contributed by atoms with Gasteiger partial charge in [-0.2, -0.15) is 0 Å². The molecule has 2 nitrogen and oxygen atoms in total. The van der Waals surface area contributed by atoms with Gasteiger partial charge in [-0.3, -0.25) is 0 Å². The largest absolute Gasteiger partial charge is 0.392 e. The molecule has 0 aliphatic heterocycles. The summed E-state index contributed by atoms with van der Waals surface area (Å²) in [6.07, 6.45) is 5.90. The quantitative estimate of drug-likeness (QED) is 0.382. The van der Waals surface area contributed by atoms with Crippen LogP contribution in [0.1, 0.15) is 81.2 Å². The lowest BCUT2D eigenvalue weighted by molar-refractivity contribution is 0.117. The van der Waals surface area contributed by atoms with E-state index in [-0.39, 0.29) is 12.0 Å². The molecule has 0 fully saturated rings. The van der Waals surface area contributed by atoms with Gasteiger partial charge in [0.25, 0.3) is 0 Å². The van der Waals surface area contributed by atoms with E-state index in [2.05, 4.69) is 70.2 Å². The molecule has 0 spiro atoms. The van der Waals surface area contributed by atoms with Crippen LogP contribution in [-0.4, -0.2) is 11.7 Å². The smallest absolute Gasteiger partial charge is 0.0717 e. The summed E-state index contributed by atoms with van der Waals surface area (Å²) in [6, 6.07) is 19.8. The Morgan fingerprint density at radius 2 is 1.34 bits per heavy atom. The van der Waals surface area contributed by atoms with Crippen molar-refractivity contribution < 1.29 is 9.84 Å². The van der Waals surface area contributed by atoms with Gasteiger partial charge in [0.1, 0.15) is 0 Å². The highest BCUT2D eigenvalue weighted by molar-refractivity contribution is 5.83. The summed E-state index contributed by atoms with van der Waals surface area (Å²) in [5.74, 6) is 0. The molecule has 0 bridgehead atoms. The van der Waals surface area contributed by atoms with Gasteiger partial charge in [-0.25, -0.2) is 0 Å². The predicted octanol–water partition coefficient (Wildman–Crippen LogP) is 7.22. The van der Waals surface area contributed by atoms with E-state index in [1.807, 2.05) is 12.1 Å². The van der Waals surface area contributed by atoms with E-state index < -0.39 is 0 Å². The standard InChI is InChI=1S/C30H38O2/c1-29(2)14-15-30(3,4)28-19-22(10-13-27(28)29)7-5-6-16-32-21-24-9-12-25-17-23(20-31)8-11-26(25)18-24/h8-13,17-19,31H,5-7,14-16,20-21H2,1-4H3. The molecule has 170 valence electrons. The first-order valence-corrected chi connectivity index (χ1v) is 12.1. The third-order valence-corrected chi connectivity index (χ3v) is 7.34. The molecule has 3 aromatic rings. The molecule has 0 saturated carbocycles. The van der Waals surface area contributed by atoms with Crippen molar-refractivity contribution in [2.45, 2.75) is 83.8 Å². The van der Waals surface area contributed by atoms with Gasteiger partial charge in [-0.15, -0.1) is 0 Å². The van der Waals surface area contributed by atoms with Crippen molar-refractivity contribution >= 4 is 10.8 Å². The Hall–Kier alpha value is -2.16. The Kier molecular flexibility index (Phi) is 6.74.